The smallest absolute Gasteiger partial charge is 0.339 e. The van der Waals surface area contributed by atoms with Gasteiger partial charge in [-0.3, -0.25) is 9.59 Å². The molecule has 0 radical (unpaired) electrons. The van der Waals surface area contributed by atoms with Gasteiger partial charge in [-0.25, -0.2) is 4.79 Å². The molecule has 0 aromatic heterocycles. The normalized spacial score (nSPS) is 14.6. The Hall–Kier alpha value is -2.80. The highest BCUT2D eigenvalue weighted by Gasteiger charge is 2.18. The van der Waals surface area contributed by atoms with Gasteiger partial charge in [0, 0.05) is 16.6 Å². The minimum atomic E-state index is -0.585. The number of benzene rings is 2. The first-order chi connectivity index (χ1) is 16.0. The van der Waals surface area contributed by atoms with Crippen LogP contribution in [0.1, 0.15) is 60.9 Å². The third kappa shape index (κ3) is 8.24. The van der Waals surface area contributed by atoms with Gasteiger partial charge in [-0.15, -0.1) is 11.8 Å². The van der Waals surface area contributed by atoms with Crippen molar-refractivity contribution in [3.63, 3.8) is 0 Å². The SMILES string of the molecule is Cc1ccccc1NC(=O)COC(=O)c1ccccc1SCC(=O)NC1CCCCCCC1. The zero-order valence-corrected chi connectivity index (χ0v) is 19.9. The molecule has 0 heterocycles. The van der Waals surface area contributed by atoms with E-state index in [1.165, 1.54) is 31.0 Å². The Kier molecular flexibility index (Phi) is 9.81. The Morgan fingerprint density at radius 3 is 2.33 bits per heavy atom. The van der Waals surface area contributed by atoms with Gasteiger partial charge in [0.15, 0.2) is 6.61 Å². The molecule has 1 fully saturated rings. The lowest BCUT2D eigenvalue weighted by atomic mass is 9.97. The van der Waals surface area contributed by atoms with Crippen LogP contribution in [-0.4, -0.2) is 36.2 Å². The molecule has 0 spiro atoms. The summed E-state index contributed by atoms with van der Waals surface area (Å²) in [4.78, 5) is 37.9. The molecule has 176 valence electrons. The van der Waals surface area contributed by atoms with Gasteiger partial charge in [0.2, 0.25) is 5.91 Å². The summed E-state index contributed by atoms with van der Waals surface area (Å²) < 4.78 is 5.23. The van der Waals surface area contributed by atoms with E-state index in [1.807, 2.05) is 31.2 Å². The van der Waals surface area contributed by atoms with Crippen molar-refractivity contribution >= 4 is 35.2 Å². The Labute approximate surface area is 199 Å². The summed E-state index contributed by atoms with van der Waals surface area (Å²) in [6, 6.07) is 14.6. The summed E-state index contributed by atoms with van der Waals surface area (Å²) in [5.74, 6) is -0.777. The number of para-hydroxylation sites is 1. The van der Waals surface area contributed by atoms with E-state index in [0.717, 1.165) is 31.2 Å². The van der Waals surface area contributed by atoms with Crippen LogP contribution in [0.4, 0.5) is 5.69 Å². The maximum Gasteiger partial charge on any atom is 0.339 e. The number of carbonyl (C=O) groups excluding carboxylic acids is 3. The average Bonchev–Trinajstić information content (AvgIpc) is 2.79. The number of ether oxygens (including phenoxy) is 1. The molecule has 2 aromatic carbocycles. The number of nitrogens with one attached hydrogen (secondary N) is 2. The fraction of sp³-hybridized carbons (Fsp3) is 0.423. The van der Waals surface area contributed by atoms with E-state index >= 15 is 0 Å². The molecule has 0 saturated heterocycles. The van der Waals surface area contributed by atoms with Crippen LogP contribution >= 0.6 is 11.8 Å². The van der Waals surface area contributed by atoms with Crippen molar-refractivity contribution in [2.24, 2.45) is 0 Å². The number of rotatable bonds is 8. The molecule has 3 rings (SSSR count). The van der Waals surface area contributed by atoms with Crippen LogP contribution in [0.25, 0.3) is 0 Å². The Morgan fingerprint density at radius 2 is 1.58 bits per heavy atom. The monoisotopic (exact) mass is 468 g/mol. The van der Waals surface area contributed by atoms with Gasteiger partial charge >= 0.3 is 5.97 Å². The number of esters is 1. The molecule has 1 saturated carbocycles. The highest BCUT2D eigenvalue weighted by Crippen LogP contribution is 2.24. The predicted octanol–water partition coefficient (Wildman–Crippen LogP) is 5.11. The number of anilines is 1. The number of carbonyl (C=O) groups is 3. The van der Waals surface area contributed by atoms with Crippen LogP contribution in [0.3, 0.4) is 0 Å². The van der Waals surface area contributed by atoms with E-state index in [4.69, 9.17) is 4.74 Å². The first-order valence-corrected chi connectivity index (χ1v) is 12.6. The second-order valence-electron chi connectivity index (χ2n) is 8.33. The van der Waals surface area contributed by atoms with Gasteiger partial charge in [-0.1, -0.05) is 62.4 Å². The van der Waals surface area contributed by atoms with E-state index in [-0.39, 0.29) is 24.3 Å². The molecule has 2 N–H and O–H groups in total. The molecule has 0 unspecified atom stereocenters. The summed E-state index contributed by atoms with van der Waals surface area (Å²) in [6.45, 7) is 1.51. The highest BCUT2D eigenvalue weighted by molar-refractivity contribution is 8.00. The van der Waals surface area contributed by atoms with Gasteiger partial charge in [-0.2, -0.15) is 0 Å². The molecule has 7 heteroatoms. The third-order valence-corrected chi connectivity index (χ3v) is 6.76. The quantitative estimate of drug-likeness (QED) is 0.415. The lowest BCUT2D eigenvalue weighted by molar-refractivity contribution is -0.120. The second-order valence-corrected chi connectivity index (χ2v) is 9.35. The Balaban J connectivity index is 1.49. The zero-order chi connectivity index (χ0) is 23.5. The standard InChI is InChI=1S/C26H32N2O4S/c1-19-11-7-9-15-22(19)28-24(29)17-32-26(31)21-14-8-10-16-23(21)33-18-25(30)27-20-12-5-3-2-4-6-13-20/h7-11,14-16,20H,2-6,12-13,17-18H2,1H3,(H,27,30)(H,28,29). The van der Waals surface area contributed by atoms with Crippen LogP contribution < -0.4 is 10.6 Å². The summed E-state index contributed by atoms with van der Waals surface area (Å²) in [5.41, 5.74) is 1.96. The summed E-state index contributed by atoms with van der Waals surface area (Å²) >= 11 is 1.31. The topological polar surface area (TPSA) is 84.5 Å². The molecule has 0 atom stereocenters. The van der Waals surface area contributed by atoms with E-state index < -0.39 is 11.9 Å². The van der Waals surface area contributed by atoms with Crippen molar-refractivity contribution in [3.8, 4) is 0 Å². The molecule has 2 amide bonds. The minimum Gasteiger partial charge on any atom is -0.452 e. The van der Waals surface area contributed by atoms with E-state index in [9.17, 15) is 14.4 Å². The van der Waals surface area contributed by atoms with Gasteiger partial charge in [0.05, 0.1) is 11.3 Å². The first kappa shape index (κ1) is 24.8. The lowest BCUT2D eigenvalue weighted by Gasteiger charge is -2.21. The number of hydrogen-bond donors (Lipinski definition) is 2. The molecule has 0 aliphatic heterocycles. The molecule has 0 bridgehead atoms. The number of thioether (sulfide) groups is 1. The molecular weight excluding hydrogens is 436 g/mol. The molecule has 1 aliphatic carbocycles. The number of amides is 2. The Morgan fingerprint density at radius 1 is 0.909 bits per heavy atom. The Bertz CT molecular complexity index is 955. The molecule has 1 aliphatic rings. The van der Waals surface area contributed by atoms with E-state index in [0.29, 0.717) is 16.1 Å². The van der Waals surface area contributed by atoms with Crippen molar-refractivity contribution in [3.05, 3.63) is 59.7 Å². The van der Waals surface area contributed by atoms with Crippen molar-refractivity contribution in [1.82, 2.24) is 5.32 Å². The third-order valence-electron chi connectivity index (χ3n) is 5.69. The van der Waals surface area contributed by atoms with Crippen molar-refractivity contribution in [2.75, 3.05) is 17.7 Å². The van der Waals surface area contributed by atoms with Gasteiger partial charge < -0.3 is 15.4 Å². The van der Waals surface area contributed by atoms with Crippen molar-refractivity contribution < 1.29 is 19.1 Å². The van der Waals surface area contributed by atoms with Crippen LogP contribution in [0.2, 0.25) is 0 Å². The van der Waals surface area contributed by atoms with Crippen molar-refractivity contribution in [1.29, 1.82) is 0 Å². The minimum absolute atomic E-state index is 0.0219. The number of aryl methyl sites for hydroxylation is 1. The maximum absolute atomic E-state index is 12.6. The fourth-order valence-corrected chi connectivity index (χ4v) is 4.73. The summed E-state index contributed by atoms with van der Waals surface area (Å²) in [7, 11) is 0. The second kappa shape index (κ2) is 13.0. The highest BCUT2D eigenvalue weighted by atomic mass is 32.2. The fourth-order valence-electron chi connectivity index (χ4n) is 3.88. The molecule has 2 aromatic rings. The first-order valence-electron chi connectivity index (χ1n) is 11.6. The number of hydrogen-bond acceptors (Lipinski definition) is 5. The van der Waals surface area contributed by atoms with Gasteiger partial charge in [0.1, 0.15) is 0 Å². The van der Waals surface area contributed by atoms with Crippen LogP contribution in [0, 0.1) is 6.92 Å². The van der Waals surface area contributed by atoms with E-state index in [2.05, 4.69) is 10.6 Å². The van der Waals surface area contributed by atoms with Gasteiger partial charge in [0.25, 0.3) is 5.91 Å². The summed E-state index contributed by atoms with van der Waals surface area (Å²) in [5, 5.41) is 5.89. The largest absolute Gasteiger partial charge is 0.452 e. The maximum atomic E-state index is 12.6. The van der Waals surface area contributed by atoms with Crippen LogP contribution in [-0.2, 0) is 14.3 Å². The molecular formula is C26H32N2O4S. The van der Waals surface area contributed by atoms with Gasteiger partial charge in [-0.05, 0) is 43.5 Å². The van der Waals surface area contributed by atoms with Crippen molar-refractivity contribution in [2.45, 2.75) is 62.8 Å². The lowest BCUT2D eigenvalue weighted by Crippen LogP contribution is -2.36. The summed E-state index contributed by atoms with van der Waals surface area (Å²) in [6.07, 6.45) is 8.14. The van der Waals surface area contributed by atoms with Crippen LogP contribution in [0.15, 0.2) is 53.4 Å². The van der Waals surface area contributed by atoms with Crippen LogP contribution in [0.5, 0.6) is 0 Å². The molecule has 6 nitrogen and oxygen atoms in total. The van der Waals surface area contributed by atoms with E-state index in [1.54, 1.807) is 24.3 Å². The predicted molar refractivity (Wildman–Crippen MR) is 132 cm³/mol. The molecule has 33 heavy (non-hydrogen) atoms. The average molecular weight is 469 g/mol. The zero-order valence-electron chi connectivity index (χ0n) is 19.1.